The first-order chi connectivity index (χ1) is 26.2. The van der Waals surface area contributed by atoms with Gasteiger partial charge in [0.2, 0.25) is 0 Å². The number of rotatable bonds is 3. The normalized spacial score (nSPS) is 14.0. The van der Waals surface area contributed by atoms with Crippen LogP contribution in [0.5, 0.6) is 0 Å². The third-order valence-corrected chi connectivity index (χ3v) is 12.8. The summed E-state index contributed by atoms with van der Waals surface area (Å²) in [5.74, 6) is 0. The first-order valence-corrected chi connectivity index (χ1v) is 19.4. The summed E-state index contributed by atoms with van der Waals surface area (Å²) in [5.41, 5.74) is 8.81. The van der Waals surface area contributed by atoms with Crippen molar-refractivity contribution in [2.24, 2.45) is 0 Å². The van der Waals surface area contributed by atoms with Gasteiger partial charge in [0, 0.05) is 25.7 Å². The molecule has 2 heteroatoms. The predicted molar refractivity (Wildman–Crippen MR) is 232 cm³/mol. The van der Waals surface area contributed by atoms with Crippen molar-refractivity contribution in [1.82, 2.24) is 4.57 Å². The molecule has 11 rings (SSSR count). The molecule has 1 nitrogen and oxygen atoms in total. The van der Waals surface area contributed by atoms with Crippen molar-refractivity contribution in [2.45, 2.75) is 19.8 Å². The van der Waals surface area contributed by atoms with Crippen molar-refractivity contribution in [3.8, 4) is 5.69 Å². The lowest BCUT2D eigenvalue weighted by molar-refractivity contribution is 1.00. The number of thiophene rings is 1. The van der Waals surface area contributed by atoms with Gasteiger partial charge in [0.25, 0.3) is 0 Å². The molecule has 0 radical (unpaired) electrons. The monoisotopic (exact) mass is 693 g/mol. The highest BCUT2D eigenvalue weighted by Crippen LogP contribution is 2.45. The molecule has 0 saturated heterocycles. The number of benzene rings is 8. The minimum Gasteiger partial charge on any atom is -0.309 e. The van der Waals surface area contributed by atoms with Crippen LogP contribution in [0.4, 0.5) is 0 Å². The zero-order valence-electron chi connectivity index (χ0n) is 29.5. The fraction of sp³-hybridized carbons (Fsp3) is 0.0588. The molecule has 2 aromatic heterocycles. The molecule has 0 fully saturated rings. The van der Waals surface area contributed by atoms with E-state index in [-0.39, 0.29) is 0 Å². The van der Waals surface area contributed by atoms with E-state index in [4.69, 9.17) is 0 Å². The van der Waals surface area contributed by atoms with E-state index < -0.39 is 0 Å². The Kier molecular flexibility index (Phi) is 6.68. The van der Waals surface area contributed by atoms with E-state index in [1.165, 1.54) is 113 Å². The van der Waals surface area contributed by atoms with Crippen LogP contribution in [0.3, 0.4) is 0 Å². The molecule has 0 N–H and O–H groups in total. The highest BCUT2D eigenvalue weighted by Gasteiger charge is 2.21. The molecule has 1 aliphatic carbocycles. The summed E-state index contributed by atoms with van der Waals surface area (Å²) in [7, 11) is 0. The molecule has 0 spiro atoms. The average Bonchev–Trinajstić information content (AvgIpc) is 3.76. The van der Waals surface area contributed by atoms with Crippen molar-refractivity contribution in [2.75, 3.05) is 0 Å². The molecule has 0 unspecified atom stereocenters. The largest absolute Gasteiger partial charge is 0.309 e. The first-order valence-electron chi connectivity index (χ1n) is 18.6. The van der Waals surface area contributed by atoms with Gasteiger partial charge in [-0.2, -0.15) is 0 Å². The number of para-hydroxylation sites is 1. The lowest BCUT2D eigenvalue weighted by Crippen LogP contribution is -2.21. The van der Waals surface area contributed by atoms with E-state index >= 15 is 0 Å². The van der Waals surface area contributed by atoms with Crippen LogP contribution in [0, 0.1) is 0 Å². The van der Waals surface area contributed by atoms with Gasteiger partial charge in [-0.25, -0.2) is 0 Å². The van der Waals surface area contributed by atoms with Crippen molar-refractivity contribution in [1.29, 1.82) is 0 Å². The van der Waals surface area contributed by atoms with E-state index in [0.29, 0.717) is 0 Å². The third-order valence-electron chi connectivity index (χ3n) is 11.6. The van der Waals surface area contributed by atoms with Crippen LogP contribution in [0.1, 0.15) is 30.0 Å². The molecule has 8 aromatic carbocycles. The zero-order chi connectivity index (χ0) is 35.2. The highest BCUT2D eigenvalue weighted by atomic mass is 32.1. The van der Waals surface area contributed by atoms with Crippen molar-refractivity contribution >= 4 is 104 Å². The second-order valence-corrected chi connectivity index (χ2v) is 15.3. The van der Waals surface area contributed by atoms with Gasteiger partial charge < -0.3 is 4.57 Å². The minimum absolute atomic E-state index is 1.06. The summed E-state index contributed by atoms with van der Waals surface area (Å²) in [6.07, 6.45) is 11.1. The van der Waals surface area contributed by atoms with Gasteiger partial charge in [-0.05, 0) is 132 Å². The van der Waals surface area contributed by atoms with Gasteiger partial charge in [0.1, 0.15) is 0 Å². The maximum Gasteiger partial charge on any atom is 0.0541 e. The van der Waals surface area contributed by atoms with E-state index in [1.807, 2.05) is 17.4 Å². The van der Waals surface area contributed by atoms with Crippen LogP contribution in [0.25, 0.3) is 98.4 Å². The van der Waals surface area contributed by atoms with E-state index in [1.54, 1.807) is 0 Å². The molecular formula is C51H35NS. The van der Waals surface area contributed by atoms with Crippen molar-refractivity contribution in [3.63, 3.8) is 0 Å². The lowest BCUT2D eigenvalue weighted by atomic mass is 9.82. The molecule has 0 atom stereocenters. The fourth-order valence-electron chi connectivity index (χ4n) is 9.34. The molecule has 0 bridgehead atoms. The van der Waals surface area contributed by atoms with Crippen LogP contribution >= 0.6 is 11.3 Å². The lowest BCUT2D eigenvalue weighted by Gasteiger charge is -2.22. The summed E-state index contributed by atoms with van der Waals surface area (Å²) in [4.78, 5) is 0. The van der Waals surface area contributed by atoms with E-state index in [9.17, 15) is 0 Å². The van der Waals surface area contributed by atoms with Gasteiger partial charge in [-0.15, -0.1) is 11.3 Å². The topological polar surface area (TPSA) is 4.93 Å². The summed E-state index contributed by atoms with van der Waals surface area (Å²) < 4.78 is 5.03. The minimum atomic E-state index is 1.06. The van der Waals surface area contributed by atoms with E-state index in [0.717, 1.165) is 12.8 Å². The molecule has 53 heavy (non-hydrogen) atoms. The Hall–Kier alpha value is -6.22. The fourth-order valence-corrected chi connectivity index (χ4v) is 10.6. The van der Waals surface area contributed by atoms with Crippen LogP contribution in [-0.4, -0.2) is 4.57 Å². The van der Waals surface area contributed by atoms with Gasteiger partial charge in [0.05, 0.1) is 11.0 Å². The van der Waals surface area contributed by atoms with Gasteiger partial charge in [-0.1, -0.05) is 128 Å². The number of aromatic nitrogens is 1. The van der Waals surface area contributed by atoms with Crippen LogP contribution < -0.4 is 9.75 Å². The Morgan fingerprint density at radius 1 is 0.623 bits per heavy atom. The smallest absolute Gasteiger partial charge is 0.0541 e. The standard InChI is InChI=1S/C51H35NS/c1-3-33(51-34(4-2)39-19-12-14-24-48(39)53-51)31-25-28-47-45(29-31)38-18-11-13-23-46(38)52(47)32-26-27-43-44(30-32)37-17-7-10-22-42(37)49-40-20-8-5-15-35(40)36-16-6-9-21-41(36)50(43)49/h3-8,10-20,22-30H,1,9,21H2,2H3/b34-4-,51-33-. The molecular weight excluding hydrogens is 659 g/mol. The first kappa shape index (κ1) is 30.4. The number of allylic oxidation sites excluding steroid dienone is 2. The Labute approximate surface area is 311 Å². The Morgan fingerprint density at radius 3 is 2.11 bits per heavy atom. The molecule has 0 aliphatic heterocycles. The number of aryl methyl sites for hydroxylation is 1. The molecule has 10 aromatic rings. The number of hydrogen-bond donors (Lipinski definition) is 0. The van der Waals surface area contributed by atoms with Gasteiger partial charge in [-0.3, -0.25) is 0 Å². The number of fused-ring (bicyclic) bond motifs is 15. The second kappa shape index (κ2) is 11.6. The summed E-state index contributed by atoms with van der Waals surface area (Å²) in [6.45, 7) is 6.46. The zero-order valence-corrected chi connectivity index (χ0v) is 30.3. The van der Waals surface area contributed by atoms with Crippen LogP contribution in [0.15, 0.2) is 152 Å². The van der Waals surface area contributed by atoms with Crippen LogP contribution in [-0.2, 0) is 6.42 Å². The van der Waals surface area contributed by atoms with E-state index in [2.05, 4.69) is 170 Å². The molecule has 0 saturated carbocycles. The quantitative estimate of drug-likeness (QED) is 0.162. The highest BCUT2D eigenvalue weighted by molar-refractivity contribution is 7.17. The Morgan fingerprint density at radius 2 is 1.30 bits per heavy atom. The summed E-state index contributed by atoms with van der Waals surface area (Å²) in [6, 6.07) is 49.8. The van der Waals surface area contributed by atoms with Crippen molar-refractivity contribution < 1.29 is 0 Å². The van der Waals surface area contributed by atoms with Crippen LogP contribution in [0.2, 0.25) is 0 Å². The molecule has 2 heterocycles. The Balaban J connectivity index is 1.20. The van der Waals surface area contributed by atoms with Crippen molar-refractivity contribution in [3.05, 3.63) is 179 Å². The SMILES string of the molecule is C=C/C(c1ccc2c(c1)c1ccccc1n2-c1ccc2c(c1)c1ccccc1c1c3ccccc3c3c(c21)CCC=C3)=c1/sc2ccccc2/c1=C/C. The second-order valence-electron chi connectivity index (χ2n) is 14.2. The number of hydrogen-bond acceptors (Lipinski definition) is 1. The average molecular weight is 694 g/mol. The maximum atomic E-state index is 4.32. The molecule has 1 aliphatic rings. The molecule has 0 amide bonds. The number of nitrogens with zero attached hydrogens (tertiary/aromatic N) is 1. The van der Waals surface area contributed by atoms with Gasteiger partial charge >= 0.3 is 0 Å². The summed E-state index contributed by atoms with van der Waals surface area (Å²) in [5, 5.41) is 15.8. The molecule has 250 valence electrons. The predicted octanol–water partition coefficient (Wildman–Crippen LogP) is 12.8. The maximum absolute atomic E-state index is 4.32. The Bertz CT molecular complexity index is 3370. The summed E-state index contributed by atoms with van der Waals surface area (Å²) >= 11 is 1.85. The third kappa shape index (κ3) is 4.30. The van der Waals surface area contributed by atoms with Gasteiger partial charge in [0.15, 0.2) is 0 Å².